The van der Waals surface area contributed by atoms with Gasteiger partial charge < -0.3 is 15.5 Å². The molecule has 19 heavy (non-hydrogen) atoms. The van der Waals surface area contributed by atoms with E-state index in [2.05, 4.69) is 5.32 Å². The van der Waals surface area contributed by atoms with Crippen molar-refractivity contribution in [3.05, 3.63) is 23.8 Å². The van der Waals surface area contributed by atoms with Crippen LogP contribution in [0.25, 0.3) is 0 Å². The highest BCUT2D eigenvalue weighted by Crippen LogP contribution is 2.25. The summed E-state index contributed by atoms with van der Waals surface area (Å²) in [5.41, 5.74) is 2.58. The molecule has 1 aromatic rings. The number of amides is 1. The summed E-state index contributed by atoms with van der Waals surface area (Å²) in [7, 11) is 1.63. The Morgan fingerprint density at radius 2 is 2.05 bits per heavy atom. The van der Waals surface area contributed by atoms with E-state index in [1.165, 1.54) is 0 Å². The number of rotatable bonds is 3. The van der Waals surface area contributed by atoms with E-state index in [4.69, 9.17) is 10.1 Å². The molecular weight excluding hydrogens is 240 g/mol. The number of methoxy groups -OCH3 is 1. The zero-order chi connectivity index (χ0) is 13.8. The van der Waals surface area contributed by atoms with Crippen molar-refractivity contribution in [3.8, 4) is 5.75 Å². The molecule has 1 aliphatic carbocycles. The molecule has 1 saturated carbocycles. The van der Waals surface area contributed by atoms with Gasteiger partial charge in [0.1, 0.15) is 5.75 Å². The lowest BCUT2D eigenvalue weighted by Gasteiger charge is -2.21. The van der Waals surface area contributed by atoms with E-state index in [1.54, 1.807) is 7.11 Å². The van der Waals surface area contributed by atoms with Gasteiger partial charge in [0.05, 0.1) is 7.11 Å². The Labute approximate surface area is 113 Å². The van der Waals surface area contributed by atoms with Crippen molar-refractivity contribution < 1.29 is 9.53 Å². The van der Waals surface area contributed by atoms with Gasteiger partial charge in [0.2, 0.25) is 5.91 Å². The van der Waals surface area contributed by atoms with Crippen LogP contribution in [-0.4, -0.2) is 18.7 Å². The minimum Gasteiger partial charge on any atom is -0.496 e. The second-order valence-corrected chi connectivity index (χ2v) is 5.05. The van der Waals surface area contributed by atoms with Crippen LogP contribution in [0.3, 0.4) is 0 Å². The molecule has 1 aromatic carbocycles. The highest BCUT2D eigenvalue weighted by Gasteiger charge is 2.23. The minimum atomic E-state index is 0.0291. The molecule has 0 saturated heterocycles. The highest BCUT2D eigenvalue weighted by molar-refractivity contribution is 5.94. The summed E-state index contributed by atoms with van der Waals surface area (Å²) in [6, 6.07) is 5.67. The van der Waals surface area contributed by atoms with Gasteiger partial charge in [-0.05, 0) is 44.2 Å². The van der Waals surface area contributed by atoms with Gasteiger partial charge in [-0.2, -0.15) is 0 Å². The van der Waals surface area contributed by atoms with Gasteiger partial charge in [-0.25, -0.2) is 0 Å². The maximum atomic E-state index is 12.1. The van der Waals surface area contributed by atoms with Gasteiger partial charge in [0, 0.05) is 23.4 Å². The molecule has 2 rings (SSSR count). The molecular formula is C15H20N2O2. The molecule has 2 N–H and O–H groups in total. The molecule has 0 spiro atoms. The first-order valence-electron chi connectivity index (χ1n) is 6.62. The van der Waals surface area contributed by atoms with Crippen LogP contribution in [0.2, 0.25) is 0 Å². The molecule has 1 fully saturated rings. The summed E-state index contributed by atoms with van der Waals surface area (Å²) < 4.78 is 5.25. The lowest BCUT2D eigenvalue weighted by Crippen LogP contribution is -2.27. The number of ether oxygens (including phenoxy) is 1. The van der Waals surface area contributed by atoms with Crippen LogP contribution in [0.1, 0.15) is 31.2 Å². The van der Waals surface area contributed by atoms with Crippen LogP contribution in [0.15, 0.2) is 18.2 Å². The molecule has 0 bridgehead atoms. The van der Waals surface area contributed by atoms with Crippen LogP contribution < -0.4 is 10.1 Å². The number of hydrogen-bond acceptors (Lipinski definition) is 3. The number of carbonyl (C=O) groups is 1. The summed E-state index contributed by atoms with van der Waals surface area (Å²) in [5, 5.41) is 10.5. The Morgan fingerprint density at radius 3 is 2.68 bits per heavy atom. The van der Waals surface area contributed by atoms with E-state index in [-0.39, 0.29) is 11.8 Å². The smallest absolute Gasteiger partial charge is 0.227 e. The largest absolute Gasteiger partial charge is 0.496 e. The molecule has 102 valence electrons. The average Bonchev–Trinajstić information content (AvgIpc) is 2.41. The van der Waals surface area contributed by atoms with Crippen molar-refractivity contribution in [2.24, 2.45) is 5.92 Å². The van der Waals surface area contributed by atoms with Crippen molar-refractivity contribution in [3.63, 3.8) is 0 Å². The SMILES string of the molecule is COc1cc(NC(=O)C2CCC(=N)CC2)ccc1C. The molecule has 0 radical (unpaired) electrons. The summed E-state index contributed by atoms with van der Waals surface area (Å²) in [6.07, 6.45) is 3.06. The lowest BCUT2D eigenvalue weighted by molar-refractivity contribution is -0.120. The van der Waals surface area contributed by atoms with Gasteiger partial charge in [0.15, 0.2) is 0 Å². The lowest BCUT2D eigenvalue weighted by atomic mass is 9.87. The zero-order valence-corrected chi connectivity index (χ0v) is 11.5. The summed E-state index contributed by atoms with van der Waals surface area (Å²) in [6.45, 7) is 1.97. The summed E-state index contributed by atoms with van der Waals surface area (Å²) in [5.74, 6) is 0.864. The molecule has 0 atom stereocenters. The maximum Gasteiger partial charge on any atom is 0.227 e. The summed E-state index contributed by atoms with van der Waals surface area (Å²) in [4.78, 5) is 12.1. The Kier molecular flexibility index (Phi) is 4.20. The molecule has 0 heterocycles. The predicted octanol–water partition coefficient (Wildman–Crippen LogP) is 3.15. The van der Waals surface area contributed by atoms with E-state index in [0.29, 0.717) is 0 Å². The molecule has 0 aliphatic heterocycles. The number of anilines is 1. The summed E-state index contributed by atoms with van der Waals surface area (Å²) >= 11 is 0. The van der Waals surface area contributed by atoms with Crippen LogP contribution in [-0.2, 0) is 4.79 Å². The second kappa shape index (κ2) is 5.87. The van der Waals surface area contributed by atoms with Gasteiger partial charge in [-0.3, -0.25) is 4.79 Å². The standard InChI is InChI=1S/C15H20N2O2/c1-10-3-8-13(9-14(10)19-2)17-15(18)11-4-6-12(16)7-5-11/h3,8-9,11,16H,4-7H2,1-2H3,(H,17,18). The first-order valence-corrected chi connectivity index (χ1v) is 6.62. The van der Waals surface area contributed by atoms with E-state index in [9.17, 15) is 4.79 Å². The second-order valence-electron chi connectivity index (χ2n) is 5.05. The van der Waals surface area contributed by atoms with E-state index in [0.717, 1.165) is 48.4 Å². The van der Waals surface area contributed by atoms with Gasteiger partial charge in [0.25, 0.3) is 0 Å². The normalized spacial score (nSPS) is 19.1. The van der Waals surface area contributed by atoms with Crippen molar-refractivity contribution in [1.29, 1.82) is 5.41 Å². The number of nitrogens with one attached hydrogen (secondary N) is 2. The Bertz CT molecular complexity index is 487. The topological polar surface area (TPSA) is 62.2 Å². The molecule has 4 heteroatoms. The van der Waals surface area contributed by atoms with Crippen LogP contribution >= 0.6 is 0 Å². The number of benzene rings is 1. The monoisotopic (exact) mass is 260 g/mol. The molecule has 4 nitrogen and oxygen atoms in total. The predicted molar refractivity (Wildman–Crippen MR) is 76.0 cm³/mol. The first-order chi connectivity index (χ1) is 9.10. The molecule has 0 aromatic heterocycles. The Morgan fingerprint density at radius 1 is 1.37 bits per heavy atom. The number of aryl methyl sites for hydroxylation is 1. The van der Waals surface area contributed by atoms with E-state index in [1.807, 2.05) is 25.1 Å². The van der Waals surface area contributed by atoms with Gasteiger partial charge >= 0.3 is 0 Å². The number of carbonyl (C=O) groups excluding carboxylic acids is 1. The van der Waals surface area contributed by atoms with Gasteiger partial charge in [-0.15, -0.1) is 0 Å². The third-order valence-corrected chi connectivity index (χ3v) is 3.64. The van der Waals surface area contributed by atoms with E-state index < -0.39 is 0 Å². The van der Waals surface area contributed by atoms with Crippen LogP contribution in [0, 0.1) is 18.3 Å². The fourth-order valence-corrected chi connectivity index (χ4v) is 2.37. The quantitative estimate of drug-likeness (QED) is 0.877. The van der Waals surface area contributed by atoms with Gasteiger partial charge in [-0.1, -0.05) is 6.07 Å². The third kappa shape index (κ3) is 3.34. The van der Waals surface area contributed by atoms with Crippen molar-refractivity contribution in [2.45, 2.75) is 32.6 Å². The molecule has 1 amide bonds. The Balaban J connectivity index is 2.00. The Hall–Kier alpha value is -1.84. The van der Waals surface area contributed by atoms with Crippen molar-refractivity contribution in [1.82, 2.24) is 0 Å². The molecule has 0 unspecified atom stereocenters. The zero-order valence-electron chi connectivity index (χ0n) is 11.5. The average molecular weight is 260 g/mol. The van der Waals surface area contributed by atoms with Crippen molar-refractivity contribution >= 4 is 17.3 Å². The fourth-order valence-electron chi connectivity index (χ4n) is 2.37. The maximum absolute atomic E-state index is 12.1. The first kappa shape index (κ1) is 13.6. The van der Waals surface area contributed by atoms with Crippen LogP contribution in [0.4, 0.5) is 5.69 Å². The van der Waals surface area contributed by atoms with E-state index >= 15 is 0 Å². The number of hydrogen-bond donors (Lipinski definition) is 2. The highest BCUT2D eigenvalue weighted by atomic mass is 16.5. The molecule has 1 aliphatic rings. The fraction of sp³-hybridized carbons (Fsp3) is 0.467. The van der Waals surface area contributed by atoms with Crippen LogP contribution in [0.5, 0.6) is 5.75 Å². The minimum absolute atomic E-state index is 0.0291. The van der Waals surface area contributed by atoms with Crippen molar-refractivity contribution in [2.75, 3.05) is 12.4 Å². The third-order valence-electron chi connectivity index (χ3n) is 3.64.